The molecule has 0 saturated carbocycles. The number of rotatable bonds is 3. The zero-order valence-corrected chi connectivity index (χ0v) is 13.4. The number of aromatic nitrogens is 3. The molecule has 0 aliphatic rings. The van der Waals surface area contributed by atoms with Gasteiger partial charge in [-0.2, -0.15) is 14.9 Å². The van der Waals surface area contributed by atoms with Crippen LogP contribution in [0.1, 0.15) is 11.1 Å². The highest BCUT2D eigenvalue weighted by Crippen LogP contribution is 2.36. The van der Waals surface area contributed by atoms with Crippen molar-refractivity contribution >= 4 is 18.4 Å². The van der Waals surface area contributed by atoms with Crippen molar-refractivity contribution < 1.29 is 15.3 Å². The Kier molecular flexibility index (Phi) is 4.05. The number of phenols is 3. The fourth-order valence-corrected chi connectivity index (χ4v) is 2.28. The second-order valence-corrected chi connectivity index (χ2v) is 5.53. The first-order chi connectivity index (χ1) is 11.5. The highest BCUT2D eigenvalue weighted by atomic mass is 32.1. The molecule has 24 heavy (non-hydrogen) atoms. The summed E-state index contributed by atoms with van der Waals surface area (Å²) in [6.07, 6.45) is 1.32. The van der Waals surface area contributed by atoms with E-state index in [9.17, 15) is 15.3 Å². The minimum absolute atomic E-state index is 0.225. The smallest absolute Gasteiger partial charge is 0.216 e. The van der Waals surface area contributed by atoms with Crippen molar-refractivity contribution in [3.8, 4) is 28.6 Å². The Balaban J connectivity index is 2.02. The van der Waals surface area contributed by atoms with E-state index in [-0.39, 0.29) is 10.3 Å². The third-order valence-corrected chi connectivity index (χ3v) is 3.70. The van der Waals surface area contributed by atoms with Crippen molar-refractivity contribution in [2.24, 2.45) is 5.10 Å². The molecule has 0 spiro atoms. The molecule has 1 heterocycles. The van der Waals surface area contributed by atoms with E-state index in [1.54, 1.807) is 0 Å². The maximum absolute atomic E-state index is 9.83. The number of aromatic hydroxyl groups is 3. The number of nitrogens with one attached hydrogen (secondary N) is 1. The Labute approximate surface area is 142 Å². The summed E-state index contributed by atoms with van der Waals surface area (Å²) < 4.78 is 1.69. The maximum Gasteiger partial charge on any atom is 0.216 e. The summed E-state index contributed by atoms with van der Waals surface area (Å²) in [4.78, 5) is 0. The fraction of sp³-hybridized carbons (Fsp3) is 0.0625. The molecule has 2 aromatic carbocycles. The van der Waals surface area contributed by atoms with Crippen LogP contribution < -0.4 is 0 Å². The summed E-state index contributed by atoms with van der Waals surface area (Å²) in [5.74, 6) is -0.970. The highest BCUT2D eigenvalue weighted by Gasteiger charge is 2.11. The van der Waals surface area contributed by atoms with Crippen molar-refractivity contribution in [2.75, 3.05) is 0 Å². The molecule has 3 rings (SSSR count). The molecule has 3 aromatic rings. The number of nitrogens with zero attached hydrogens (tertiary/aromatic N) is 3. The molecule has 0 fully saturated rings. The summed E-state index contributed by atoms with van der Waals surface area (Å²) in [5.41, 5.74) is 2.17. The quantitative estimate of drug-likeness (QED) is 0.333. The molecule has 0 bridgehead atoms. The Morgan fingerprint density at radius 2 is 1.79 bits per heavy atom. The normalized spacial score (nSPS) is 11.2. The molecule has 122 valence electrons. The van der Waals surface area contributed by atoms with Crippen LogP contribution in [0, 0.1) is 11.7 Å². The molecule has 8 heteroatoms. The number of aromatic amines is 1. The fourth-order valence-electron chi connectivity index (χ4n) is 2.10. The first-order valence-corrected chi connectivity index (χ1v) is 7.41. The Morgan fingerprint density at radius 1 is 1.08 bits per heavy atom. The lowest BCUT2D eigenvalue weighted by Gasteiger charge is -2.04. The van der Waals surface area contributed by atoms with Gasteiger partial charge in [-0.25, -0.2) is 5.10 Å². The number of hydrogen-bond donors (Lipinski definition) is 4. The molecule has 0 aliphatic carbocycles. The van der Waals surface area contributed by atoms with E-state index >= 15 is 0 Å². The van der Waals surface area contributed by atoms with Gasteiger partial charge in [-0.1, -0.05) is 29.8 Å². The van der Waals surface area contributed by atoms with E-state index in [0.717, 1.165) is 11.1 Å². The Morgan fingerprint density at radius 3 is 2.50 bits per heavy atom. The van der Waals surface area contributed by atoms with E-state index in [1.807, 2.05) is 31.2 Å². The van der Waals surface area contributed by atoms with Gasteiger partial charge in [0.25, 0.3) is 0 Å². The van der Waals surface area contributed by atoms with Gasteiger partial charge in [-0.3, -0.25) is 0 Å². The molecule has 0 amide bonds. The van der Waals surface area contributed by atoms with Crippen LogP contribution in [0.15, 0.2) is 41.5 Å². The monoisotopic (exact) mass is 342 g/mol. The van der Waals surface area contributed by atoms with Crippen LogP contribution in [0.5, 0.6) is 17.2 Å². The van der Waals surface area contributed by atoms with Gasteiger partial charge in [0.1, 0.15) is 0 Å². The minimum atomic E-state index is -0.603. The third kappa shape index (κ3) is 2.86. The van der Waals surface area contributed by atoms with Crippen LogP contribution in [-0.4, -0.2) is 36.4 Å². The second kappa shape index (κ2) is 6.17. The van der Waals surface area contributed by atoms with E-state index in [0.29, 0.717) is 5.82 Å². The largest absolute Gasteiger partial charge is 0.504 e. The van der Waals surface area contributed by atoms with E-state index in [4.69, 9.17) is 12.2 Å². The Bertz CT molecular complexity index is 974. The van der Waals surface area contributed by atoms with Crippen molar-refractivity contribution in [1.29, 1.82) is 0 Å². The molecular weight excluding hydrogens is 328 g/mol. The lowest BCUT2D eigenvalue weighted by Crippen LogP contribution is -1.95. The molecule has 1 aromatic heterocycles. The second-order valence-electron chi connectivity index (χ2n) is 5.15. The van der Waals surface area contributed by atoms with Crippen molar-refractivity contribution in [1.82, 2.24) is 14.9 Å². The van der Waals surface area contributed by atoms with Gasteiger partial charge < -0.3 is 15.3 Å². The standard InChI is InChI=1S/C16H14N4O3S/c1-9-2-4-10(5-3-9)15-18-19-16(24)20(15)17-8-11-6-7-12(21)14(23)13(11)22/h2-8,21-23H,1H3,(H,19,24)/b17-8+. The predicted octanol–water partition coefficient (Wildman–Crippen LogP) is 2.92. The minimum Gasteiger partial charge on any atom is -0.504 e. The number of phenolic OH excluding ortho intramolecular Hbond substituents is 3. The zero-order valence-electron chi connectivity index (χ0n) is 12.6. The number of H-pyrrole nitrogens is 1. The Hall–Kier alpha value is -3.13. The summed E-state index contributed by atoms with van der Waals surface area (Å²) in [5, 5.41) is 39.8. The van der Waals surface area contributed by atoms with Gasteiger partial charge in [-0.05, 0) is 31.3 Å². The van der Waals surface area contributed by atoms with Crippen LogP contribution in [-0.2, 0) is 0 Å². The van der Waals surface area contributed by atoms with Gasteiger partial charge >= 0.3 is 0 Å². The average Bonchev–Trinajstić information content (AvgIpc) is 2.94. The molecular formula is C16H14N4O3S. The van der Waals surface area contributed by atoms with Gasteiger partial charge in [0, 0.05) is 11.1 Å². The lowest BCUT2D eigenvalue weighted by molar-refractivity contribution is 0.367. The molecule has 0 aliphatic heterocycles. The predicted molar refractivity (Wildman–Crippen MR) is 92.0 cm³/mol. The summed E-state index contributed by atoms with van der Waals surface area (Å²) >= 11 is 5.17. The first kappa shape index (κ1) is 15.8. The van der Waals surface area contributed by atoms with Crippen molar-refractivity contribution in [3.05, 3.63) is 52.3 Å². The van der Waals surface area contributed by atoms with Crippen LogP contribution in [0.3, 0.4) is 0 Å². The third-order valence-electron chi connectivity index (χ3n) is 3.43. The van der Waals surface area contributed by atoms with E-state index < -0.39 is 17.2 Å². The molecule has 0 atom stereocenters. The van der Waals surface area contributed by atoms with E-state index in [1.165, 1.54) is 23.0 Å². The highest BCUT2D eigenvalue weighted by molar-refractivity contribution is 7.71. The van der Waals surface area contributed by atoms with Gasteiger partial charge in [-0.15, -0.1) is 0 Å². The van der Waals surface area contributed by atoms with Crippen LogP contribution in [0.25, 0.3) is 11.4 Å². The maximum atomic E-state index is 9.83. The van der Waals surface area contributed by atoms with Gasteiger partial charge in [0.15, 0.2) is 17.3 Å². The first-order valence-electron chi connectivity index (χ1n) is 7.00. The molecule has 0 radical (unpaired) electrons. The lowest BCUT2D eigenvalue weighted by atomic mass is 10.1. The van der Waals surface area contributed by atoms with Crippen LogP contribution >= 0.6 is 12.2 Å². The van der Waals surface area contributed by atoms with Crippen LogP contribution in [0.2, 0.25) is 0 Å². The molecule has 0 saturated heterocycles. The molecule has 0 unspecified atom stereocenters. The zero-order chi connectivity index (χ0) is 17.3. The van der Waals surface area contributed by atoms with Crippen LogP contribution in [0.4, 0.5) is 0 Å². The summed E-state index contributed by atoms with van der Waals surface area (Å²) in [7, 11) is 0. The average molecular weight is 342 g/mol. The summed E-state index contributed by atoms with van der Waals surface area (Å²) in [6, 6.07) is 10.4. The van der Waals surface area contributed by atoms with Gasteiger partial charge in [0.2, 0.25) is 10.5 Å². The molecule has 7 nitrogen and oxygen atoms in total. The molecule has 4 N–H and O–H groups in total. The SMILES string of the molecule is Cc1ccc(-c2n[nH]c(=S)n2/N=C/c2ccc(O)c(O)c2O)cc1. The van der Waals surface area contributed by atoms with Crippen molar-refractivity contribution in [3.63, 3.8) is 0 Å². The van der Waals surface area contributed by atoms with Gasteiger partial charge in [0.05, 0.1) is 6.21 Å². The number of hydrogen-bond acceptors (Lipinski definition) is 6. The summed E-state index contributed by atoms with van der Waals surface area (Å²) in [6.45, 7) is 1.99. The number of aryl methyl sites for hydroxylation is 1. The van der Waals surface area contributed by atoms with Crippen molar-refractivity contribution in [2.45, 2.75) is 6.92 Å². The van der Waals surface area contributed by atoms with E-state index in [2.05, 4.69) is 15.3 Å². The topological polar surface area (TPSA) is 107 Å². The number of benzene rings is 2.